The molecule has 0 atom stereocenters. The van der Waals surface area contributed by atoms with E-state index >= 15 is 0 Å². The third-order valence-electron chi connectivity index (χ3n) is 4.54. The molecule has 1 N–H and O–H groups in total. The lowest BCUT2D eigenvalue weighted by atomic mass is 10.1. The van der Waals surface area contributed by atoms with Gasteiger partial charge in [0.1, 0.15) is 11.3 Å². The van der Waals surface area contributed by atoms with Gasteiger partial charge in [0.2, 0.25) is 0 Å². The van der Waals surface area contributed by atoms with E-state index in [2.05, 4.69) is 26.6 Å². The van der Waals surface area contributed by atoms with Crippen molar-refractivity contribution < 1.29 is 9.90 Å². The number of rotatable bonds is 5. The summed E-state index contributed by atoms with van der Waals surface area (Å²) in [5, 5.41) is 10.2. The second-order valence-corrected chi connectivity index (χ2v) is 6.87. The number of benzene rings is 2. The molecule has 2 aromatic heterocycles. The molecule has 4 rings (SSSR count). The average molecular weight is 360 g/mol. The zero-order valence-corrected chi connectivity index (χ0v) is 15.3. The molecule has 2 heterocycles. The molecule has 4 aromatic rings. The molecule has 0 aliphatic rings. The number of hydrogen-bond donors (Lipinski definition) is 1. The molecule has 0 saturated heterocycles. The Morgan fingerprint density at radius 1 is 1.11 bits per heavy atom. The van der Waals surface area contributed by atoms with Gasteiger partial charge in [0.15, 0.2) is 0 Å². The van der Waals surface area contributed by atoms with Gasteiger partial charge < -0.3 is 14.6 Å². The Morgan fingerprint density at radius 2 is 1.89 bits per heavy atom. The van der Waals surface area contributed by atoms with Crippen molar-refractivity contribution in [3.05, 3.63) is 71.7 Å². The van der Waals surface area contributed by atoms with Crippen LogP contribution in [0.3, 0.4) is 0 Å². The molecule has 0 aliphatic carbocycles. The average Bonchev–Trinajstić information content (AvgIpc) is 2.99. The fourth-order valence-corrected chi connectivity index (χ4v) is 3.34. The van der Waals surface area contributed by atoms with E-state index in [1.807, 2.05) is 38.4 Å². The van der Waals surface area contributed by atoms with Crippen LogP contribution in [-0.4, -0.2) is 44.6 Å². The summed E-state index contributed by atoms with van der Waals surface area (Å²) in [6.45, 7) is 1.40. The van der Waals surface area contributed by atoms with Crippen LogP contribution in [0.1, 0.15) is 21.7 Å². The molecule has 0 bridgehead atoms. The minimum Gasteiger partial charge on any atom is -0.478 e. The second kappa shape index (κ2) is 6.81. The number of aromatic nitrogens is 3. The van der Waals surface area contributed by atoms with Crippen molar-refractivity contribution in [2.24, 2.45) is 0 Å². The van der Waals surface area contributed by atoms with E-state index in [0.29, 0.717) is 18.6 Å². The van der Waals surface area contributed by atoms with Crippen LogP contribution in [-0.2, 0) is 13.1 Å². The van der Waals surface area contributed by atoms with Crippen LogP contribution in [0.25, 0.3) is 21.9 Å². The molecule has 0 aliphatic heterocycles. The summed E-state index contributed by atoms with van der Waals surface area (Å²) in [7, 11) is 4.03. The quantitative estimate of drug-likeness (QED) is 0.591. The molecule has 27 heavy (non-hydrogen) atoms. The topological polar surface area (TPSA) is 71.2 Å². The minimum absolute atomic E-state index is 0.233. The first-order chi connectivity index (χ1) is 13.0. The highest BCUT2D eigenvalue weighted by atomic mass is 16.4. The third-order valence-corrected chi connectivity index (χ3v) is 4.54. The lowest BCUT2D eigenvalue weighted by Crippen LogP contribution is -2.16. The molecule has 2 aromatic carbocycles. The lowest BCUT2D eigenvalue weighted by Gasteiger charge is -2.14. The SMILES string of the molecule is CN(C)Cc1nc2cnc3cc(C(=O)O)ccc3c2n1Cc1ccccc1. The molecule has 0 spiro atoms. The normalized spacial score (nSPS) is 11.5. The number of carboxylic acids is 1. The molecule has 0 amide bonds. The van der Waals surface area contributed by atoms with Gasteiger partial charge in [0.25, 0.3) is 0 Å². The maximum atomic E-state index is 11.3. The Labute approximate surface area is 156 Å². The van der Waals surface area contributed by atoms with E-state index in [-0.39, 0.29) is 5.56 Å². The number of nitrogens with zero attached hydrogens (tertiary/aromatic N) is 4. The van der Waals surface area contributed by atoms with Crippen LogP contribution >= 0.6 is 0 Å². The van der Waals surface area contributed by atoms with E-state index in [1.54, 1.807) is 18.3 Å². The van der Waals surface area contributed by atoms with Gasteiger partial charge in [-0.1, -0.05) is 30.3 Å². The van der Waals surface area contributed by atoms with E-state index in [0.717, 1.165) is 22.2 Å². The maximum absolute atomic E-state index is 11.3. The van der Waals surface area contributed by atoms with E-state index < -0.39 is 5.97 Å². The molecular weight excluding hydrogens is 340 g/mol. The van der Waals surface area contributed by atoms with Crippen LogP contribution in [0.4, 0.5) is 0 Å². The van der Waals surface area contributed by atoms with E-state index in [4.69, 9.17) is 4.98 Å². The molecular formula is C21H20N4O2. The number of hydrogen-bond acceptors (Lipinski definition) is 4. The van der Waals surface area contributed by atoms with Gasteiger partial charge >= 0.3 is 5.97 Å². The number of aromatic carboxylic acids is 1. The van der Waals surface area contributed by atoms with Crippen LogP contribution in [0.5, 0.6) is 0 Å². The highest BCUT2D eigenvalue weighted by Crippen LogP contribution is 2.27. The summed E-state index contributed by atoms with van der Waals surface area (Å²) >= 11 is 0. The Morgan fingerprint density at radius 3 is 2.59 bits per heavy atom. The number of imidazole rings is 1. The number of pyridine rings is 1. The number of carboxylic acid groups (broad SMARTS) is 1. The highest BCUT2D eigenvalue weighted by molar-refractivity contribution is 6.04. The van der Waals surface area contributed by atoms with Gasteiger partial charge in [0.05, 0.1) is 29.3 Å². The van der Waals surface area contributed by atoms with Crippen molar-refractivity contribution in [2.75, 3.05) is 14.1 Å². The molecule has 6 nitrogen and oxygen atoms in total. The third kappa shape index (κ3) is 3.27. The van der Waals surface area contributed by atoms with Crippen LogP contribution in [0.15, 0.2) is 54.7 Å². The minimum atomic E-state index is -0.954. The first kappa shape index (κ1) is 17.2. The van der Waals surface area contributed by atoms with Gasteiger partial charge in [-0.15, -0.1) is 0 Å². The van der Waals surface area contributed by atoms with Gasteiger partial charge in [-0.05, 0) is 37.9 Å². The van der Waals surface area contributed by atoms with Crippen LogP contribution < -0.4 is 0 Å². The van der Waals surface area contributed by atoms with Gasteiger partial charge in [-0.2, -0.15) is 0 Å². The molecule has 0 saturated carbocycles. The van der Waals surface area contributed by atoms with Crippen molar-refractivity contribution in [1.82, 2.24) is 19.4 Å². The zero-order chi connectivity index (χ0) is 19.0. The Bertz CT molecular complexity index is 1130. The maximum Gasteiger partial charge on any atom is 0.335 e. The smallest absolute Gasteiger partial charge is 0.335 e. The summed E-state index contributed by atoms with van der Waals surface area (Å²) in [5.74, 6) is 0.000325. The molecule has 0 fully saturated rings. The van der Waals surface area contributed by atoms with Crippen molar-refractivity contribution in [3.8, 4) is 0 Å². The number of carbonyl (C=O) groups is 1. The predicted octanol–water partition coefficient (Wildman–Crippen LogP) is 3.39. The van der Waals surface area contributed by atoms with Crippen LogP contribution in [0.2, 0.25) is 0 Å². The summed E-state index contributed by atoms with van der Waals surface area (Å²) in [4.78, 5) is 22.6. The standard InChI is InChI=1S/C21H20N4O2/c1-24(2)13-19-23-18-11-22-17-10-15(21(26)27)8-9-16(17)20(18)25(19)12-14-6-4-3-5-7-14/h3-11H,12-13H2,1-2H3,(H,26,27). The van der Waals surface area contributed by atoms with Gasteiger partial charge in [-0.25, -0.2) is 9.78 Å². The Balaban J connectivity index is 1.96. The highest BCUT2D eigenvalue weighted by Gasteiger charge is 2.16. The van der Waals surface area contributed by atoms with Gasteiger partial charge in [0, 0.05) is 11.9 Å². The van der Waals surface area contributed by atoms with Crippen molar-refractivity contribution in [1.29, 1.82) is 0 Å². The fourth-order valence-electron chi connectivity index (χ4n) is 3.34. The largest absolute Gasteiger partial charge is 0.478 e. The monoisotopic (exact) mass is 360 g/mol. The van der Waals surface area contributed by atoms with Gasteiger partial charge in [-0.3, -0.25) is 4.98 Å². The molecule has 136 valence electrons. The summed E-state index contributed by atoms with van der Waals surface area (Å²) in [5.41, 5.74) is 3.88. The molecule has 0 unspecified atom stereocenters. The predicted molar refractivity (Wildman–Crippen MR) is 105 cm³/mol. The fraction of sp³-hybridized carbons (Fsp3) is 0.190. The Hall–Kier alpha value is -3.25. The first-order valence-corrected chi connectivity index (χ1v) is 8.73. The lowest BCUT2D eigenvalue weighted by molar-refractivity contribution is 0.0697. The van der Waals surface area contributed by atoms with Crippen LogP contribution in [0, 0.1) is 0 Å². The number of fused-ring (bicyclic) bond motifs is 3. The summed E-state index contributed by atoms with van der Waals surface area (Å²) in [6, 6.07) is 15.3. The van der Waals surface area contributed by atoms with E-state index in [9.17, 15) is 9.90 Å². The van der Waals surface area contributed by atoms with E-state index in [1.165, 1.54) is 5.56 Å². The summed E-state index contributed by atoms with van der Waals surface area (Å²) < 4.78 is 2.20. The zero-order valence-electron chi connectivity index (χ0n) is 15.3. The summed E-state index contributed by atoms with van der Waals surface area (Å²) in [6.07, 6.45) is 1.73. The van der Waals surface area contributed by atoms with Crippen molar-refractivity contribution >= 4 is 27.9 Å². The first-order valence-electron chi connectivity index (χ1n) is 8.73. The van der Waals surface area contributed by atoms with Crippen molar-refractivity contribution in [2.45, 2.75) is 13.1 Å². The Kier molecular flexibility index (Phi) is 4.33. The second-order valence-electron chi connectivity index (χ2n) is 6.87. The van der Waals surface area contributed by atoms with Crippen molar-refractivity contribution in [3.63, 3.8) is 0 Å². The molecule has 0 radical (unpaired) electrons. The molecule has 6 heteroatoms.